The molecule has 0 saturated carbocycles. The molecule has 172 valence electrons. The standard InChI is InChI=1S/C15H21N5O3.2C2H4O2/c1-9(2)19-15(21)22-7-10-3-6-13(23-10)11-4-5-12-14(16)17-8-18-20(11)12;2*1-2(3)4/h4-5,8-10,13H,3,6-7H2,1-2H3,(H,19,21)(H2,16,17,18);2*1H3,(H,3,4). The Morgan fingerprint density at radius 3 is 2.45 bits per heavy atom. The lowest BCUT2D eigenvalue weighted by Crippen LogP contribution is -2.32. The van der Waals surface area contributed by atoms with Crippen LogP contribution in [-0.2, 0) is 19.1 Å². The van der Waals surface area contributed by atoms with Gasteiger partial charge < -0.3 is 30.7 Å². The summed E-state index contributed by atoms with van der Waals surface area (Å²) in [6.45, 7) is 6.18. The number of hydrogen-bond acceptors (Lipinski definition) is 8. The van der Waals surface area contributed by atoms with Crippen molar-refractivity contribution in [3.05, 3.63) is 24.2 Å². The number of nitrogen functional groups attached to an aromatic ring is 1. The van der Waals surface area contributed by atoms with Crippen molar-refractivity contribution < 1.29 is 34.1 Å². The number of nitrogens with two attached hydrogens (primary N) is 1. The third kappa shape index (κ3) is 9.30. The van der Waals surface area contributed by atoms with E-state index in [1.54, 1.807) is 4.52 Å². The molecule has 12 nitrogen and oxygen atoms in total. The van der Waals surface area contributed by atoms with Crippen LogP contribution in [-0.4, -0.2) is 61.6 Å². The molecule has 2 aromatic heterocycles. The minimum absolute atomic E-state index is 0.0528. The van der Waals surface area contributed by atoms with Crippen LogP contribution in [0.3, 0.4) is 0 Å². The summed E-state index contributed by atoms with van der Waals surface area (Å²) >= 11 is 0. The molecule has 3 heterocycles. The summed E-state index contributed by atoms with van der Waals surface area (Å²) in [6, 6.07) is 3.88. The van der Waals surface area contributed by atoms with Gasteiger partial charge in [0, 0.05) is 19.9 Å². The van der Waals surface area contributed by atoms with E-state index >= 15 is 0 Å². The van der Waals surface area contributed by atoms with E-state index in [0.717, 1.165) is 37.9 Å². The Hall–Kier alpha value is -3.41. The molecule has 1 aliphatic heterocycles. The third-order valence-corrected chi connectivity index (χ3v) is 3.76. The number of amides is 1. The number of nitrogens with one attached hydrogen (secondary N) is 1. The molecule has 0 radical (unpaired) electrons. The number of fused-ring (bicyclic) bond motifs is 1. The van der Waals surface area contributed by atoms with E-state index in [1.165, 1.54) is 6.33 Å². The molecule has 2 unspecified atom stereocenters. The van der Waals surface area contributed by atoms with E-state index in [-0.39, 0.29) is 24.9 Å². The minimum atomic E-state index is -0.833. The van der Waals surface area contributed by atoms with E-state index in [9.17, 15) is 4.79 Å². The monoisotopic (exact) mass is 439 g/mol. The van der Waals surface area contributed by atoms with E-state index in [1.807, 2.05) is 26.0 Å². The Balaban J connectivity index is 0.000000519. The molecule has 2 atom stereocenters. The van der Waals surface area contributed by atoms with Gasteiger partial charge in [0.15, 0.2) is 5.82 Å². The molecular weight excluding hydrogens is 410 g/mol. The first-order valence-electron chi connectivity index (χ1n) is 9.57. The topological polar surface area (TPSA) is 178 Å². The lowest BCUT2D eigenvalue weighted by Gasteiger charge is -2.15. The molecular formula is C19H29N5O7. The number of alkyl carbamates (subject to hydrolysis) is 1. The number of carboxylic acid groups (broad SMARTS) is 2. The Morgan fingerprint density at radius 2 is 1.87 bits per heavy atom. The van der Waals surface area contributed by atoms with Crippen molar-refractivity contribution in [2.45, 2.75) is 58.8 Å². The van der Waals surface area contributed by atoms with Gasteiger partial charge in [0.25, 0.3) is 11.9 Å². The van der Waals surface area contributed by atoms with E-state index < -0.39 is 18.0 Å². The number of aliphatic carboxylic acids is 2. The van der Waals surface area contributed by atoms with Gasteiger partial charge in [0.2, 0.25) is 0 Å². The fourth-order valence-electron chi connectivity index (χ4n) is 2.71. The summed E-state index contributed by atoms with van der Waals surface area (Å²) in [5, 5.41) is 21.7. The van der Waals surface area contributed by atoms with Crippen molar-refractivity contribution in [2.75, 3.05) is 12.3 Å². The van der Waals surface area contributed by atoms with E-state index in [4.69, 9.17) is 35.0 Å². The summed E-state index contributed by atoms with van der Waals surface area (Å²) < 4.78 is 12.9. The first kappa shape index (κ1) is 25.6. The van der Waals surface area contributed by atoms with Gasteiger partial charge in [0.1, 0.15) is 24.6 Å². The van der Waals surface area contributed by atoms with Crippen LogP contribution in [0.2, 0.25) is 0 Å². The maximum atomic E-state index is 11.5. The van der Waals surface area contributed by atoms with Crippen LogP contribution < -0.4 is 11.1 Å². The molecule has 1 fully saturated rings. The SMILES string of the molecule is CC(=O)O.CC(=O)O.CC(C)NC(=O)OCC1CCC(c2ccc3c(N)ncnn23)O1. The van der Waals surface area contributed by atoms with Gasteiger partial charge in [-0.3, -0.25) is 9.59 Å². The second kappa shape index (κ2) is 12.3. The lowest BCUT2D eigenvalue weighted by molar-refractivity contribution is -0.135. The van der Waals surface area contributed by atoms with Crippen molar-refractivity contribution in [2.24, 2.45) is 0 Å². The molecule has 1 saturated heterocycles. The van der Waals surface area contributed by atoms with Gasteiger partial charge in [-0.05, 0) is 38.8 Å². The highest BCUT2D eigenvalue weighted by atomic mass is 16.6. The molecule has 0 bridgehead atoms. The molecule has 31 heavy (non-hydrogen) atoms. The molecule has 0 spiro atoms. The van der Waals surface area contributed by atoms with Crippen LogP contribution >= 0.6 is 0 Å². The van der Waals surface area contributed by atoms with Crippen LogP contribution in [0.1, 0.15) is 52.3 Å². The molecule has 12 heteroatoms. The summed E-state index contributed by atoms with van der Waals surface area (Å²) in [4.78, 5) is 33.5. The number of carbonyl (C=O) groups is 3. The number of hydrogen-bond donors (Lipinski definition) is 4. The summed E-state index contributed by atoms with van der Waals surface area (Å²) in [5.74, 6) is -1.23. The predicted octanol–water partition coefficient (Wildman–Crippen LogP) is 1.85. The van der Waals surface area contributed by atoms with E-state index in [0.29, 0.717) is 5.82 Å². The first-order valence-corrected chi connectivity index (χ1v) is 9.57. The Labute approximate surface area is 179 Å². The van der Waals surface area contributed by atoms with Gasteiger partial charge in [0.05, 0.1) is 11.8 Å². The fraction of sp³-hybridized carbons (Fsp3) is 0.526. The zero-order valence-electron chi connectivity index (χ0n) is 17.9. The van der Waals surface area contributed by atoms with Gasteiger partial charge >= 0.3 is 6.09 Å². The second-order valence-corrected chi connectivity index (χ2v) is 6.96. The number of rotatable bonds is 4. The number of ether oxygens (including phenoxy) is 2. The second-order valence-electron chi connectivity index (χ2n) is 6.96. The van der Waals surface area contributed by atoms with Crippen molar-refractivity contribution in [3.8, 4) is 0 Å². The van der Waals surface area contributed by atoms with Crippen LogP contribution in [0.5, 0.6) is 0 Å². The quantitative estimate of drug-likeness (QED) is 0.549. The van der Waals surface area contributed by atoms with Crippen molar-refractivity contribution in [3.63, 3.8) is 0 Å². The maximum absolute atomic E-state index is 11.5. The average molecular weight is 439 g/mol. The molecule has 0 aromatic carbocycles. The van der Waals surface area contributed by atoms with Crippen LogP contribution in [0, 0.1) is 0 Å². The largest absolute Gasteiger partial charge is 0.481 e. The van der Waals surface area contributed by atoms with E-state index in [2.05, 4.69) is 15.4 Å². The van der Waals surface area contributed by atoms with Gasteiger partial charge in [-0.1, -0.05) is 0 Å². The van der Waals surface area contributed by atoms with Gasteiger partial charge in [-0.2, -0.15) is 5.10 Å². The highest BCUT2D eigenvalue weighted by molar-refractivity contribution is 5.67. The molecule has 5 N–H and O–H groups in total. The number of carbonyl (C=O) groups excluding carboxylic acids is 1. The van der Waals surface area contributed by atoms with Crippen LogP contribution in [0.15, 0.2) is 18.5 Å². The molecule has 0 aliphatic carbocycles. The molecule has 1 amide bonds. The number of carboxylic acids is 2. The summed E-state index contributed by atoms with van der Waals surface area (Å²) in [6.07, 6.45) is 2.48. The molecule has 1 aliphatic rings. The average Bonchev–Trinajstić information content (AvgIpc) is 3.25. The zero-order valence-corrected chi connectivity index (χ0v) is 17.9. The summed E-state index contributed by atoms with van der Waals surface area (Å²) in [7, 11) is 0. The first-order chi connectivity index (χ1) is 14.5. The number of aromatic nitrogens is 3. The van der Waals surface area contributed by atoms with Gasteiger partial charge in [-0.15, -0.1) is 0 Å². The highest BCUT2D eigenvalue weighted by Gasteiger charge is 2.29. The normalized spacial score (nSPS) is 17.2. The Kier molecular flexibility index (Phi) is 10.2. The maximum Gasteiger partial charge on any atom is 0.407 e. The lowest BCUT2D eigenvalue weighted by atomic mass is 10.1. The van der Waals surface area contributed by atoms with Crippen LogP contribution in [0.4, 0.5) is 10.6 Å². The Bertz CT molecular complexity index is 864. The third-order valence-electron chi connectivity index (χ3n) is 3.76. The fourth-order valence-corrected chi connectivity index (χ4v) is 2.71. The number of nitrogens with zero attached hydrogens (tertiary/aromatic N) is 3. The highest BCUT2D eigenvalue weighted by Crippen LogP contribution is 2.33. The smallest absolute Gasteiger partial charge is 0.407 e. The number of anilines is 1. The Morgan fingerprint density at radius 1 is 1.26 bits per heavy atom. The molecule has 3 rings (SSSR count). The van der Waals surface area contributed by atoms with Crippen molar-refractivity contribution in [1.29, 1.82) is 0 Å². The van der Waals surface area contributed by atoms with Gasteiger partial charge in [-0.25, -0.2) is 14.3 Å². The molecule has 2 aromatic rings. The zero-order chi connectivity index (χ0) is 23.6. The van der Waals surface area contributed by atoms with Crippen molar-refractivity contribution in [1.82, 2.24) is 19.9 Å². The summed E-state index contributed by atoms with van der Waals surface area (Å²) in [5.41, 5.74) is 7.54. The van der Waals surface area contributed by atoms with Crippen LogP contribution in [0.25, 0.3) is 5.52 Å². The minimum Gasteiger partial charge on any atom is -0.481 e. The predicted molar refractivity (Wildman–Crippen MR) is 110 cm³/mol. The van der Waals surface area contributed by atoms with Crippen molar-refractivity contribution >= 4 is 29.4 Å².